The number of aryl methyl sites for hydroxylation is 1. The highest BCUT2D eigenvalue weighted by Gasteiger charge is 2.20. The van der Waals surface area contributed by atoms with Crippen molar-refractivity contribution >= 4 is 5.91 Å². The second-order valence-corrected chi connectivity index (χ2v) is 6.41. The average Bonchev–Trinajstić information content (AvgIpc) is 2.68. The Kier molecular flexibility index (Phi) is 6.50. The zero-order valence-electron chi connectivity index (χ0n) is 15.2. The third-order valence-electron chi connectivity index (χ3n) is 4.60. The van der Waals surface area contributed by atoms with E-state index in [2.05, 4.69) is 28.8 Å². The van der Waals surface area contributed by atoms with Gasteiger partial charge in [0.25, 0.3) is 0 Å². The first-order valence-corrected chi connectivity index (χ1v) is 9.11. The van der Waals surface area contributed by atoms with Crippen LogP contribution in [0.2, 0.25) is 0 Å². The van der Waals surface area contributed by atoms with Gasteiger partial charge in [-0.25, -0.2) is 0 Å². The first kappa shape index (κ1) is 18.3. The van der Waals surface area contributed by atoms with Crippen LogP contribution in [0.3, 0.4) is 0 Å². The van der Waals surface area contributed by atoms with Crippen molar-refractivity contribution in [1.82, 2.24) is 10.6 Å². The first-order chi connectivity index (χ1) is 12.8. The van der Waals surface area contributed by atoms with E-state index in [0.717, 1.165) is 30.8 Å². The maximum Gasteiger partial charge on any atom is 0.234 e. The van der Waals surface area contributed by atoms with E-state index in [-0.39, 0.29) is 11.9 Å². The molecule has 138 valence electrons. The van der Waals surface area contributed by atoms with Crippen LogP contribution in [0.5, 0.6) is 11.5 Å². The second-order valence-electron chi connectivity index (χ2n) is 6.41. The number of benzene rings is 2. The van der Waals surface area contributed by atoms with Gasteiger partial charge in [0.05, 0.1) is 19.7 Å². The summed E-state index contributed by atoms with van der Waals surface area (Å²) >= 11 is 0. The molecule has 3 rings (SSSR count). The van der Waals surface area contributed by atoms with Gasteiger partial charge >= 0.3 is 0 Å². The third kappa shape index (κ3) is 4.99. The van der Waals surface area contributed by atoms with E-state index in [1.807, 2.05) is 30.3 Å². The number of fused-ring (bicyclic) bond motifs is 1. The molecule has 2 aromatic carbocycles. The number of carbonyl (C=O) groups excluding carboxylic acids is 1. The molecule has 2 aromatic rings. The van der Waals surface area contributed by atoms with Gasteiger partial charge in [0.1, 0.15) is 18.1 Å². The van der Waals surface area contributed by atoms with E-state index in [9.17, 15) is 4.79 Å². The van der Waals surface area contributed by atoms with Crippen LogP contribution in [0.25, 0.3) is 0 Å². The largest absolute Gasteiger partial charge is 0.497 e. The van der Waals surface area contributed by atoms with Crippen LogP contribution in [-0.4, -0.2) is 32.7 Å². The summed E-state index contributed by atoms with van der Waals surface area (Å²) in [4.78, 5) is 12.2. The third-order valence-corrected chi connectivity index (χ3v) is 4.60. The van der Waals surface area contributed by atoms with Gasteiger partial charge in [0.15, 0.2) is 0 Å². The van der Waals surface area contributed by atoms with Gasteiger partial charge in [0, 0.05) is 6.54 Å². The molecular weight excluding hydrogens is 328 g/mol. The molecule has 1 atom stereocenters. The summed E-state index contributed by atoms with van der Waals surface area (Å²) in [5.74, 6) is 1.61. The molecular formula is C21H26N2O3. The summed E-state index contributed by atoms with van der Waals surface area (Å²) in [5.41, 5.74) is 2.61. The number of rotatable bonds is 8. The minimum absolute atomic E-state index is 0.0242. The standard InChI is InChI=1S/C21H26N2O3/c1-25-17-9-11-18(12-10-17)26-14-13-22-15-21(24)23-20-8-4-6-16-5-2-3-7-19(16)20/h2-3,5,7,9-12,20,22H,4,6,8,13-15H2,1H3,(H,23,24)/t20-/m0/s1. The lowest BCUT2D eigenvalue weighted by atomic mass is 9.88. The molecule has 0 saturated carbocycles. The predicted octanol–water partition coefficient (Wildman–Crippen LogP) is 2.86. The number of ether oxygens (including phenoxy) is 2. The van der Waals surface area contributed by atoms with Crippen molar-refractivity contribution in [3.8, 4) is 11.5 Å². The Morgan fingerprint density at radius 3 is 2.69 bits per heavy atom. The quantitative estimate of drug-likeness (QED) is 0.716. The Bertz CT molecular complexity index is 715. The number of hydrogen-bond acceptors (Lipinski definition) is 4. The van der Waals surface area contributed by atoms with Gasteiger partial charge in [-0.3, -0.25) is 4.79 Å². The predicted molar refractivity (Wildman–Crippen MR) is 102 cm³/mol. The number of nitrogens with one attached hydrogen (secondary N) is 2. The minimum atomic E-state index is 0.0242. The van der Waals surface area contributed by atoms with Gasteiger partial charge in [0.2, 0.25) is 5.91 Å². The summed E-state index contributed by atoms with van der Waals surface area (Å²) in [6, 6.07) is 16.0. The molecule has 0 heterocycles. The highest BCUT2D eigenvalue weighted by Crippen LogP contribution is 2.29. The van der Waals surface area contributed by atoms with Gasteiger partial charge in [-0.1, -0.05) is 24.3 Å². The van der Waals surface area contributed by atoms with Crippen molar-refractivity contribution in [3.63, 3.8) is 0 Å². The second kappa shape index (κ2) is 9.25. The summed E-state index contributed by atoms with van der Waals surface area (Å²) in [5, 5.41) is 6.27. The molecule has 1 amide bonds. The average molecular weight is 354 g/mol. The number of carbonyl (C=O) groups is 1. The molecule has 0 aromatic heterocycles. The summed E-state index contributed by atoms with van der Waals surface area (Å²) in [6.45, 7) is 1.41. The van der Waals surface area contributed by atoms with Gasteiger partial charge in [-0.2, -0.15) is 0 Å². The lowest BCUT2D eigenvalue weighted by Crippen LogP contribution is -2.38. The smallest absolute Gasteiger partial charge is 0.234 e. The lowest BCUT2D eigenvalue weighted by Gasteiger charge is -2.26. The molecule has 1 aliphatic rings. The Morgan fingerprint density at radius 2 is 1.88 bits per heavy atom. The van der Waals surface area contributed by atoms with Crippen molar-refractivity contribution < 1.29 is 14.3 Å². The fraction of sp³-hybridized carbons (Fsp3) is 0.381. The molecule has 0 radical (unpaired) electrons. The molecule has 5 nitrogen and oxygen atoms in total. The molecule has 0 spiro atoms. The van der Waals surface area contributed by atoms with Crippen LogP contribution in [0.1, 0.15) is 30.0 Å². The van der Waals surface area contributed by atoms with E-state index in [1.165, 1.54) is 11.1 Å². The molecule has 26 heavy (non-hydrogen) atoms. The highest BCUT2D eigenvalue weighted by atomic mass is 16.5. The van der Waals surface area contributed by atoms with Crippen molar-refractivity contribution in [1.29, 1.82) is 0 Å². The van der Waals surface area contributed by atoms with Crippen LogP contribution in [0.15, 0.2) is 48.5 Å². The van der Waals surface area contributed by atoms with Crippen LogP contribution in [0, 0.1) is 0 Å². The van der Waals surface area contributed by atoms with Gasteiger partial charge < -0.3 is 20.1 Å². The number of hydrogen-bond donors (Lipinski definition) is 2. The highest BCUT2D eigenvalue weighted by molar-refractivity contribution is 5.78. The SMILES string of the molecule is COc1ccc(OCCNCC(=O)N[C@H]2CCCc3ccccc32)cc1. The topological polar surface area (TPSA) is 59.6 Å². The van der Waals surface area contributed by atoms with Crippen molar-refractivity contribution in [2.24, 2.45) is 0 Å². The maximum absolute atomic E-state index is 12.2. The fourth-order valence-electron chi connectivity index (χ4n) is 3.26. The summed E-state index contributed by atoms with van der Waals surface area (Å²) in [7, 11) is 1.64. The molecule has 0 unspecified atom stereocenters. The van der Waals surface area contributed by atoms with E-state index in [0.29, 0.717) is 19.7 Å². The fourth-order valence-corrected chi connectivity index (χ4v) is 3.26. The molecule has 5 heteroatoms. The summed E-state index contributed by atoms with van der Waals surface area (Å²) in [6.07, 6.45) is 3.22. The molecule has 0 bridgehead atoms. The Hall–Kier alpha value is -2.53. The summed E-state index contributed by atoms with van der Waals surface area (Å²) < 4.78 is 10.7. The van der Waals surface area contributed by atoms with Crippen molar-refractivity contribution in [2.75, 3.05) is 26.8 Å². The molecule has 1 aliphatic carbocycles. The van der Waals surface area contributed by atoms with Crippen molar-refractivity contribution in [3.05, 3.63) is 59.7 Å². The van der Waals surface area contributed by atoms with Crippen LogP contribution in [0.4, 0.5) is 0 Å². The van der Waals surface area contributed by atoms with E-state index in [1.54, 1.807) is 7.11 Å². The first-order valence-electron chi connectivity index (χ1n) is 9.11. The van der Waals surface area contributed by atoms with Crippen LogP contribution >= 0.6 is 0 Å². The van der Waals surface area contributed by atoms with E-state index in [4.69, 9.17) is 9.47 Å². The normalized spacial score (nSPS) is 15.8. The van der Waals surface area contributed by atoms with Crippen LogP contribution in [-0.2, 0) is 11.2 Å². The Balaban J connectivity index is 1.36. The Morgan fingerprint density at radius 1 is 1.12 bits per heavy atom. The molecule has 0 aliphatic heterocycles. The van der Waals surface area contributed by atoms with Crippen molar-refractivity contribution in [2.45, 2.75) is 25.3 Å². The van der Waals surface area contributed by atoms with E-state index >= 15 is 0 Å². The van der Waals surface area contributed by atoms with E-state index < -0.39 is 0 Å². The maximum atomic E-state index is 12.2. The molecule has 2 N–H and O–H groups in total. The zero-order chi connectivity index (χ0) is 18.2. The van der Waals surface area contributed by atoms with Gasteiger partial charge in [-0.05, 0) is 54.7 Å². The molecule has 0 saturated heterocycles. The lowest BCUT2D eigenvalue weighted by molar-refractivity contribution is -0.121. The monoisotopic (exact) mass is 354 g/mol. The number of amides is 1. The Labute approximate surface area is 154 Å². The molecule has 0 fully saturated rings. The van der Waals surface area contributed by atoms with Crippen LogP contribution < -0.4 is 20.1 Å². The zero-order valence-corrected chi connectivity index (χ0v) is 15.2. The van der Waals surface area contributed by atoms with Gasteiger partial charge in [-0.15, -0.1) is 0 Å². The number of methoxy groups -OCH3 is 1. The minimum Gasteiger partial charge on any atom is -0.497 e.